The Labute approximate surface area is 98.8 Å². The first-order chi connectivity index (χ1) is 7.63. The second-order valence-electron chi connectivity index (χ2n) is 4.60. The van der Waals surface area contributed by atoms with Gasteiger partial charge in [-0.05, 0) is 38.2 Å². The van der Waals surface area contributed by atoms with Crippen molar-refractivity contribution < 1.29 is 5.11 Å². The smallest absolute Gasteiger partial charge is 0.0639 e. The second kappa shape index (κ2) is 6.49. The highest BCUT2D eigenvalue weighted by Gasteiger charge is 2.03. The monoisotopic (exact) mass is 218 g/mol. The summed E-state index contributed by atoms with van der Waals surface area (Å²) in [5.74, 6) is 0.586. The quantitative estimate of drug-likeness (QED) is 0.745. The third kappa shape index (κ3) is 4.19. The summed E-state index contributed by atoms with van der Waals surface area (Å²) in [7, 11) is 0. The maximum Gasteiger partial charge on any atom is 0.0639 e. The van der Waals surface area contributed by atoms with Crippen molar-refractivity contribution in [1.29, 1.82) is 0 Å². The van der Waals surface area contributed by atoms with Crippen LogP contribution in [0.15, 0.2) is 35.9 Å². The summed E-state index contributed by atoms with van der Waals surface area (Å²) in [6, 6.07) is 8.76. The van der Waals surface area contributed by atoms with Gasteiger partial charge in [0, 0.05) is 0 Å². The molecule has 0 bridgehead atoms. The molecule has 1 aromatic rings. The zero-order chi connectivity index (χ0) is 12.0. The molecule has 1 aromatic carbocycles. The lowest BCUT2D eigenvalue weighted by Crippen LogP contribution is -1.93. The van der Waals surface area contributed by atoms with E-state index in [1.54, 1.807) is 0 Å². The van der Waals surface area contributed by atoms with Gasteiger partial charge >= 0.3 is 0 Å². The Hall–Kier alpha value is -1.08. The van der Waals surface area contributed by atoms with E-state index in [1.807, 2.05) is 6.92 Å². The maximum atomic E-state index is 8.88. The van der Waals surface area contributed by atoms with Gasteiger partial charge in [-0.2, -0.15) is 0 Å². The van der Waals surface area contributed by atoms with Crippen LogP contribution in [0.3, 0.4) is 0 Å². The summed E-state index contributed by atoms with van der Waals surface area (Å²) < 4.78 is 0. The first kappa shape index (κ1) is 13.0. The topological polar surface area (TPSA) is 20.2 Å². The van der Waals surface area contributed by atoms with Gasteiger partial charge in [-0.15, -0.1) is 0 Å². The first-order valence-electron chi connectivity index (χ1n) is 5.96. The molecule has 0 amide bonds. The van der Waals surface area contributed by atoms with Crippen LogP contribution in [0.4, 0.5) is 0 Å². The Morgan fingerprint density at radius 2 is 1.94 bits per heavy atom. The van der Waals surface area contributed by atoms with Gasteiger partial charge in [-0.25, -0.2) is 0 Å². The molecule has 0 saturated carbocycles. The fourth-order valence-corrected chi connectivity index (χ4v) is 1.71. The Balaban J connectivity index is 2.46. The Kier molecular flexibility index (Phi) is 5.27. The van der Waals surface area contributed by atoms with E-state index < -0.39 is 0 Å². The minimum Gasteiger partial charge on any atom is -0.392 e. The van der Waals surface area contributed by atoms with Gasteiger partial charge < -0.3 is 5.11 Å². The summed E-state index contributed by atoms with van der Waals surface area (Å²) >= 11 is 0. The zero-order valence-electron chi connectivity index (χ0n) is 10.5. The highest BCUT2D eigenvalue weighted by Crippen LogP contribution is 2.21. The number of allylic oxidation sites excluding steroid dienone is 1. The third-order valence-corrected chi connectivity index (χ3v) is 2.99. The predicted molar refractivity (Wildman–Crippen MR) is 69.7 cm³/mol. The second-order valence-corrected chi connectivity index (χ2v) is 4.60. The molecule has 0 aliphatic heterocycles. The molecule has 1 nitrogen and oxygen atoms in total. The van der Waals surface area contributed by atoms with E-state index in [0.29, 0.717) is 5.92 Å². The number of aliphatic hydroxyl groups excluding tert-OH is 1. The van der Waals surface area contributed by atoms with Crippen LogP contribution in [-0.2, 0) is 0 Å². The Morgan fingerprint density at radius 1 is 1.31 bits per heavy atom. The Bertz CT molecular complexity index is 335. The summed E-state index contributed by atoms with van der Waals surface area (Å²) in [6.07, 6.45) is 4.31. The van der Waals surface area contributed by atoms with Crippen molar-refractivity contribution in [3.8, 4) is 0 Å². The molecule has 0 aliphatic rings. The fraction of sp³-hybridized carbons (Fsp3) is 0.467. The van der Waals surface area contributed by atoms with Crippen LogP contribution in [0.5, 0.6) is 0 Å². The van der Waals surface area contributed by atoms with Gasteiger partial charge in [0.25, 0.3) is 0 Å². The lowest BCUT2D eigenvalue weighted by Gasteiger charge is -2.10. The molecular formula is C15H22O. The lowest BCUT2D eigenvalue weighted by molar-refractivity contribution is 0.331. The number of benzene rings is 1. The number of rotatable bonds is 5. The van der Waals surface area contributed by atoms with Gasteiger partial charge in [-0.1, -0.05) is 48.4 Å². The average Bonchev–Trinajstić information content (AvgIpc) is 2.29. The fourth-order valence-electron chi connectivity index (χ4n) is 1.71. The summed E-state index contributed by atoms with van der Waals surface area (Å²) in [6.45, 7) is 6.52. The number of hydrogen-bond acceptors (Lipinski definition) is 1. The lowest BCUT2D eigenvalue weighted by atomic mass is 9.95. The van der Waals surface area contributed by atoms with Crippen molar-refractivity contribution in [3.63, 3.8) is 0 Å². The number of aryl methyl sites for hydroxylation is 1. The van der Waals surface area contributed by atoms with Crippen LogP contribution >= 0.6 is 0 Å². The third-order valence-electron chi connectivity index (χ3n) is 2.99. The molecule has 0 heterocycles. The Morgan fingerprint density at radius 3 is 2.50 bits per heavy atom. The molecule has 1 atom stereocenters. The van der Waals surface area contributed by atoms with Gasteiger partial charge in [0.1, 0.15) is 0 Å². The van der Waals surface area contributed by atoms with Crippen LogP contribution in [0.1, 0.15) is 43.7 Å². The van der Waals surface area contributed by atoms with E-state index in [0.717, 1.165) is 18.4 Å². The number of aliphatic hydroxyl groups is 1. The van der Waals surface area contributed by atoms with Crippen molar-refractivity contribution in [2.24, 2.45) is 0 Å². The highest BCUT2D eigenvalue weighted by molar-refractivity contribution is 5.24. The first-order valence-corrected chi connectivity index (χ1v) is 5.96. The normalized spacial score (nSPS) is 13.9. The van der Waals surface area contributed by atoms with Gasteiger partial charge in [0.05, 0.1) is 6.61 Å². The summed E-state index contributed by atoms with van der Waals surface area (Å²) in [5.41, 5.74) is 3.78. The van der Waals surface area contributed by atoms with Gasteiger partial charge in [0.15, 0.2) is 0 Å². The van der Waals surface area contributed by atoms with Gasteiger partial charge in [0.2, 0.25) is 0 Å². The van der Waals surface area contributed by atoms with Crippen LogP contribution < -0.4 is 0 Å². The predicted octanol–water partition coefficient (Wildman–Crippen LogP) is 3.82. The molecule has 16 heavy (non-hydrogen) atoms. The van der Waals surface area contributed by atoms with E-state index in [9.17, 15) is 0 Å². The molecule has 0 spiro atoms. The van der Waals surface area contributed by atoms with Gasteiger partial charge in [-0.3, -0.25) is 0 Å². The van der Waals surface area contributed by atoms with Crippen molar-refractivity contribution in [2.45, 2.75) is 39.5 Å². The maximum absolute atomic E-state index is 8.88. The molecule has 88 valence electrons. The average molecular weight is 218 g/mol. The highest BCUT2D eigenvalue weighted by atomic mass is 16.3. The zero-order valence-corrected chi connectivity index (χ0v) is 10.5. The van der Waals surface area contributed by atoms with E-state index in [-0.39, 0.29) is 6.61 Å². The molecular weight excluding hydrogens is 196 g/mol. The molecule has 0 unspecified atom stereocenters. The largest absolute Gasteiger partial charge is 0.392 e. The van der Waals surface area contributed by atoms with Crippen molar-refractivity contribution in [2.75, 3.05) is 6.61 Å². The molecule has 0 saturated heterocycles. The molecule has 1 rings (SSSR count). The van der Waals surface area contributed by atoms with Crippen molar-refractivity contribution in [1.82, 2.24) is 0 Å². The molecule has 0 aliphatic carbocycles. The summed E-state index contributed by atoms with van der Waals surface area (Å²) in [4.78, 5) is 0. The minimum atomic E-state index is 0.179. The molecule has 0 radical (unpaired) electrons. The summed E-state index contributed by atoms with van der Waals surface area (Å²) in [5, 5.41) is 8.88. The van der Waals surface area contributed by atoms with Crippen LogP contribution in [0.25, 0.3) is 0 Å². The van der Waals surface area contributed by atoms with E-state index in [4.69, 9.17) is 5.11 Å². The van der Waals surface area contributed by atoms with Crippen molar-refractivity contribution in [3.05, 3.63) is 47.0 Å². The SMILES string of the molecule is C/C(=C/CC[C@@H](C)c1ccc(C)cc1)CO. The molecule has 1 heteroatoms. The van der Waals surface area contributed by atoms with E-state index in [2.05, 4.69) is 44.2 Å². The van der Waals surface area contributed by atoms with Crippen molar-refractivity contribution >= 4 is 0 Å². The molecule has 0 fully saturated rings. The number of hydrogen-bond donors (Lipinski definition) is 1. The van der Waals surface area contributed by atoms with E-state index >= 15 is 0 Å². The van der Waals surface area contributed by atoms with Crippen LogP contribution in [0, 0.1) is 6.92 Å². The van der Waals surface area contributed by atoms with Crippen LogP contribution in [0.2, 0.25) is 0 Å². The molecule has 1 N–H and O–H groups in total. The minimum absolute atomic E-state index is 0.179. The van der Waals surface area contributed by atoms with E-state index in [1.165, 1.54) is 11.1 Å². The van der Waals surface area contributed by atoms with Crippen LogP contribution in [-0.4, -0.2) is 11.7 Å². The molecule has 0 aromatic heterocycles. The standard InChI is InChI=1S/C15H22O/c1-12-7-9-15(10-8-12)14(3)6-4-5-13(2)11-16/h5,7-10,14,16H,4,6,11H2,1-3H3/b13-5-/t14-/m1/s1.